The summed E-state index contributed by atoms with van der Waals surface area (Å²) in [5, 5.41) is 8.82. The van der Waals surface area contributed by atoms with Crippen molar-refractivity contribution in [3.63, 3.8) is 0 Å². The van der Waals surface area contributed by atoms with Crippen molar-refractivity contribution in [2.75, 3.05) is 6.54 Å². The number of carbonyl (C=O) groups is 4. The molecule has 1 aromatic carbocycles. The van der Waals surface area contributed by atoms with Crippen molar-refractivity contribution in [3.05, 3.63) is 53.0 Å². The lowest BCUT2D eigenvalue weighted by atomic mass is 10.2. The van der Waals surface area contributed by atoms with E-state index in [-0.39, 0.29) is 10.7 Å². The first-order valence-electron chi connectivity index (χ1n) is 7.93. The molecule has 2 aliphatic heterocycles. The summed E-state index contributed by atoms with van der Waals surface area (Å²) >= 11 is 6.24. The molecule has 0 spiro atoms. The number of carboxylic acids is 1. The number of nitrogens with zero attached hydrogens (tertiary/aromatic N) is 2. The van der Waals surface area contributed by atoms with Crippen molar-refractivity contribution in [1.82, 2.24) is 9.80 Å². The van der Waals surface area contributed by atoms with Gasteiger partial charge in [-0.1, -0.05) is 66.5 Å². The van der Waals surface area contributed by atoms with Crippen molar-refractivity contribution in [1.29, 1.82) is 0 Å². The molecule has 138 valence electrons. The lowest BCUT2D eigenvalue weighted by Crippen LogP contribution is -2.45. The van der Waals surface area contributed by atoms with Crippen LogP contribution in [0.4, 0.5) is 0 Å². The number of likely N-dealkylation sites (tertiary alicyclic amines) is 1. The van der Waals surface area contributed by atoms with Gasteiger partial charge in [0.05, 0.1) is 11.3 Å². The molecule has 3 rings (SSSR count). The minimum absolute atomic E-state index is 0.169. The van der Waals surface area contributed by atoms with Gasteiger partial charge in [-0.15, -0.1) is 0 Å². The molecule has 2 heterocycles. The second-order valence-electron chi connectivity index (χ2n) is 5.78. The lowest BCUT2D eigenvalue weighted by molar-refractivity contribution is -0.149. The van der Waals surface area contributed by atoms with E-state index in [1.165, 1.54) is 0 Å². The van der Waals surface area contributed by atoms with Gasteiger partial charge < -0.3 is 5.11 Å². The summed E-state index contributed by atoms with van der Waals surface area (Å²) in [7, 11) is 0. The first-order chi connectivity index (χ1) is 12.9. The number of carboxylic acid groups (broad SMARTS) is 1. The normalized spacial score (nSPS) is 21.9. The molecule has 2 saturated heterocycles. The number of allylic oxidation sites excluding steroid dienone is 2. The van der Waals surface area contributed by atoms with Crippen LogP contribution in [-0.2, 0) is 19.2 Å². The highest BCUT2D eigenvalue weighted by atomic mass is 32.2. The van der Waals surface area contributed by atoms with E-state index in [9.17, 15) is 19.2 Å². The molecule has 0 bridgehead atoms. The summed E-state index contributed by atoms with van der Waals surface area (Å²) in [4.78, 5) is 49.9. The number of amides is 3. The van der Waals surface area contributed by atoms with Gasteiger partial charge in [-0.2, -0.15) is 0 Å². The lowest BCUT2D eigenvalue weighted by Gasteiger charge is -2.20. The van der Waals surface area contributed by atoms with E-state index in [0.717, 1.165) is 22.2 Å². The summed E-state index contributed by atoms with van der Waals surface area (Å²) in [5.74, 6) is -3.12. The molecule has 2 fully saturated rings. The third-order valence-corrected chi connectivity index (χ3v) is 5.33. The Balaban J connectivity index is 1.76. The molecule has 3 amide bonds. The minimum Gasteiger partial charge on any atom is -0.480 e. The molecule has 1 N–H and O–H groups in total. The number of benzene rings is 1. The maximum absolute atomic E-state index is 12.6. The number of thiocarbonyl (C=S) groups is 1. The fourth-order valence-corrected chi connectivity index (χ4v) is 4.05. The standard InChI is InChI=1S/C18H14N2O5S2/c21-14-9-12(16(24)19(14)10-15(22)23)20-17(25)13(27-18(20)26)8-4-7-11-5-2-1-3-6-11/h1-8,12H,9-10H2,(H,22,23). The number of rotatable bonds is 5. The molecular weight excluding hydrogens is 388 g/mol. The van der Waals surface area contributed by atoms with Crippen molar-refractivity contribution in [3.8, 4) is 0 Å². The average Bonchev–Trinajstić information content (AvgIpc) is 3.05. The van der Waals surface area contributed by atoms with Crippen LogP contribution in [0.1, 0.15) is 12.0 Å². The summed E-state index contributed by atoms with van der Waals surface area (Å²) < 4.78 is 0.169. The summed E-state index contributed by atoms with van der Waals surface area (Å²) in [6.07, 6.45) is 4.86. The molecule has 0 radical (unpaired) electrons. The van der Waals surface area contributed by atoms with Crippen LogP contribution in [0.25, 0.3) is 6.08 Å². The smallest absolute Gasteiger partial charge is 0.323 e. The highest BCUT2D eigenvalue weighted by Crippen LogP contribution is 2.35. The molecule has 7 nitrogen and oxygen atoms in total. The Bertz CT molecular complexity index is 894. The number of thioether (sulfide) groups is 1. The van der Waals surface area contributed by atoms with Gasteiger partial charge in [-0.3, -0.25) is 29.0 Å². The van der Waals surface area contributed by atoms with E-state index in [1.54, 1.807) is 12.2 Å². The number of imide groups is 1. The fourth-order valence-electron chi connectivity index (χ4n) is 2.74. The number of aliphatic carboxylic acids is 1. The molecule has 9 heteroatoms. The molecule has 0 saturated carbocycles. The van der Waals surface area contributed by atoms with E-state index in [2.05, 4.69) is 0 Å². The summed E-state index contributed by atoms with van der Waals surface area (Å²) in [6, 6.07) is 8.42. The SMILES string of the molecule is O=C(O)CN1C(=O)CC(N2C(=O)C(=CC=Cc3ccccc3)SC2=S)C1=O. The third kappa shape index (κ3) is 3.99. The number of carbonyl (C=O) groups excluding carboxylic acids is 3. The first kappa shape index (κ1) is 19.0. The highest BCUT2D eigenvalue weighted by Gasteiger charge is 2.48. The number of hydrogen-bond acceptors (Lipinski definition) is 6. The van der Waals surface area contributed by atoms with Gasteiger partial charge in [0, 0.05) is 0 Å². The van der Waals surface area contributed by atoms with Crippen molar-refractivity contribution < 1.29 is 24.3 Å². The Kier molecular flexibility index (Phi) is 5.52. The molecule has 1 aromatic rings. The second-order valence-corrected chi connectivity index (χ2v) is 7.45. The van der Waals surface area contributed by atoms with Crippen molar-refractivity contribution >= 4 is 58.1 Å². The molecule has 27 heavy (non-hydrogen) atoms. The van der Waals surface area contributed by atoms with Gasteiger partial charge in [0.1, 0.15) is 16.9 Å². The average molecular weight is 402 g/mol. The second kappa shape index (κ2) is 7.85. The molecule has 0 aliphatic carbocycles. The Morgan fingerprint density at radius 2 is 1.96 bits per heavy atom. The molecule has 2 aliphatic rings. The number of hydrogen-bond donors (Lipinski definition) is 1. The van der Waals surface area contributed by atoms with Crippen LogP contribution >= 0.6 is 24.0 Å². The predicted octanol–water partition coefficient (Wildman–Crippen LogP) is 1.66. The maximum Gasteiger partial charge on any atom is 0.323 e. The van der Waals surface area contributed by atoms with Crippen molar-refractivity contribution in [2.45, 2.75) is 12.5 Å². The molecule has 1 unspecified atom stereocenters. The zero-order chi connectivity index (χ0) is 19.6. The van der Waals surface area contributed by atoms with Crippen LogP contribution in [0.5, 0.6) is 0 Å². The molecular formula is C18H14N2O5S2. The van der Waals surface area contributed by atoms with Gasteiger partial charge in [-0.25, -0.2) is 0 Å². The van der Waals surface area contributed by atoms with E-state index in [4.69, 9.17) is 17.3 Å². The van der Waals surface area contributed by atoms with E-state index >= 15 is 0 Å². The Morgan fingerprint density at radius 1 is 1.26 bits per heavy atom. The van der Waals surface area contributed by atoms with Gasteiger partial charge in [-0.05, 0) is 11.6 Å². The van der Waals surface area contributed by atoms with Crippen LogP contribution in [0, 0.1) is 0 Å². The minimum atomic E-state index is -1.30. The maximum atomic E-state index is 12.6. The molecule has 1 atom stereocenters. The topological polar surface area (TPSA) is 95.0 Å². The van der Waals surface area contributed by atoms with E-state index in [1.807, 2.05) is 36.4 Å². The summed E-state index contributed by atoms with van der Waals surface area (Å²) in [5.41, 5.74) is 0.963. The van der Waals surface area contributed by atoms with Crippen molar-refractivity contribution in [2.24, 2.45) is 0 Å². The first-order valence-corrected chi connectivity index (χ1v) is 9.15. The predicted molar refractivity (Wildman–Crippen MR) is 103 cm³/mol. The highest BCUT2D eigenvalue weighted by molar-refractivity contribution is 8.26. The molecule has 0 aromatic heterocycles. The van der Waals surface area contributed by atoms with E-state index < -0.39 is 36.3 Å². The van der Waals surface area contributed by atoms with Gasteiger partial charge in [0.25, 0.3) is 11.8 Å². The monoisotopic (exact) mass is 402 g/mol. The Hall–Kier alpha value is -2.78. The van der Waals surface area contributed by atoms with E-state index in [0.29, 0.717) is 9.81 Å². The van der Waals surface area contributed by atoms with Crippen LogP contribution in [-0.4, -0.2) is 55.5 Å². The van der Waals surface area contributed by atoms with Crippen LogP contribution in [0.15, 0.2) is 47.4 Å². The van der Waals surface area contributed by atoms with Gasteiger partial charge in [0.2, 0.25) is 5.91 Å². The largest absolute Gasteiger partial charge is 0.480 e. The summed E-state index contributed by atoms with van der Waals surface area (Å²) in [6.45, 7) is -0.724. The van der Waals surface area contributed by atoms with Gasteiger partial charge in [0.15, 0.2) is 0 Å². The quantitative estimate of drug-likeness (QED) is 0.455. The van der Waals surface area contributed by atoms with Gasteiger partial charge >= 0.3 is 5.97 Å². The fraction of sp³-hybridized carbons (Fsp3) is 0.167. The van der Waals surface area contributed by atoms with Crippen LogP contribution in [0.3, 0.4) is 0 Å². The zero-order valence-corrected chi connectivity index (χ0v) is 15.5. The third-order valence-electron chi connectivity index (χ3n) is 3.98. The van der Waals surface area contributed by atoms with Crippen LogP contribution < -0.4 is 0 Å². The van der Waals surface area contributed by atoms with Crippen LogP contribution in [0.2, 0.25) is 0 Å². The Morgan fingerprint density at radius 3 is 2.63 bits per heavy atom. The zero-order valence-electron chi connectivity index (χ0n) is 13.9. The Labute approximate surface area is 164 Å².